The molecule has 3 atom stereocenters. The van der Waals surface area contributed by atoms with Crippen molar-refractivity contribution < 1.29 is 9.90 Å². The lowest BCUT2D eigenvalue weighted by molar-refractivity contribution is -0.128. The molecule has 2 N–H and O–H groups in total. The van der Waals surface area contributed by atoms with Crippen molar-refractivity contribution in [3.63, 3.8) is 0 Å². The summed E-state index contributed by atoms with van der Waals surface area (Å²) in [5.74, 6) is 0.640. The van der Waals surface area contributed by atoms with Crippen molar-refractivity contribution in [2.24, 2.45) is 17.3 Å². The highest BCUT2D eigenvalue weighted by atomic mass is 16.3. The summed E-state index contributed by atoms with van der Waals surface area (Å²) >= 11 is 0. The maximum Gasteiger partial charge on any atom is 0.223 e. The first kappa shape index (κ1) is 13.9. The molecule has 0 radical (unpaired) electrons. The van der Waals surface area contributed by atoms with E-state index in [-0.39, 0.29) is 29.3 Å². The smallest absolute Gasteiger partial charge is 0.223 e. The van der Waals surface area contributed by atoms with E-state index in [1.807, 2.05) is 0 Å². The van der Waals surface area contributed by atoms with Gasteiger partial charge >= 0.3 is 0 Å². The highest BCUT2D eigenvalue weighted by Gasteiger charge is 2.39. The van der Waals surface area contributed by atoms with E-state index in [1.165, 1.54) is 6.42 Å². The van der Waals surface area contributed by atoms with E-state index < -0.39 is 0 Å². The second-order valence-corrected chi connectivity index (χ2v) is 6.79. The van der Waals surface area contributed by atoms with Crippen LogP contribution in [0, 0.1) is 17.3 Å². The number of rotatable bonds is 3. The van der Waals surface area contributed by atoms with E-state index in [0.717, 1.165) is 38.5 Å². The van der Waals surface area contributed by atoms with Gasteiger partial charge < -0.3 is 10.4 Å². The van der Waals surface area contributed by atoms with Crippen LogP contribution in [-0.2, 0) is 4.79 Å². The van der Waals surface area contributed by atoms with E-state index >= 15 is 0 Å². The molecule has 0 bridgehead atoms. The number of aliphatic hydroxyl groups is 1. The number of hydrogen-bond donors (Lipinski definition) is 2. The molecular weight excluding hydrogens is 226 g/mol. The van der Waals surface area contributed by atoms with E-state index in [4.69, 9.17) is 0 Å². The highest BCUT2D eigenvalue weighted by molar-refractivity contribution is 5.79. The largest absolute Gasteiger partial charge is 0.393 e. The van der Waals surface area contributed by atoms with Gasteiger partial charge in [0.05, 0.1) is 6.10 Å². The summed E-state index contributed by atoms with van der Waals surface area (Å²) in [6, 6.07) is 0. The quantitative estimate of drug-likeness (QED) is 0.812. The van der Waals surface area contributed by atoms with E-state index in [1.54, 1.807) is 0 Å². The summed E-state index contributed by atoms with van der Waals surface area (Å²) in [7, 11) is 0. The molecule has 0 aliphatic heterocycles. The number of amides is 1. The zero-order valence-electron chi connectivity index (χ0n) is 11.7. The molecule has 0 saturated heterocycles. The molecule has 3 heteroatoms. The molecule has 0 heterocycles. The van der Waals surface area contributed by atoms with Crippen LogP contribution in [0.3, 0.4) is 0 Å². The highest BCUT2D eigenvalue weighted by Crippen LogP contribution is 2.42. The first-order valence-corrected chi connectivity index (χ1v) is 7.46. The minimum absolute atomic E-state index is 0.148. The van der Waals surface area contributed by atoms with Crippen molar-refractivity contribution in [3.05, 3.63) is 0 Å². The van der Waals surface area contributed by atoms with Gasteiger partial charge in [0.25, 0.3) is 0 Å². The van der Waals surface area contributed by atoms with Crippen LogP contribution in [0.4, 0.5) is 0 Å². The normalized spacial score (nSPS) is 35.4. The number of aliphatic hydroxyl groups excluding tert-OH is 1. The maximum absolute atomic E-state index is 12.2. The zero-order valence-corrected chi connectivity index (χ0v) is 11.7. The average molecular weight is 253 g/mol. The molecule has 0 aromatic carbocycles. The molecule has 3 nitrogen and oxygen atoms in total. The van der Waals surface area contributed by atoms with Crippen LogP contribution in [0.15, 0.2) is 0 Å². The van der Waals surface area contributed by atoms with Crippen molar-refractivity contribution in [3.8, 4) is 0 Å². The Morgan fingerprint density at radius 1 is 1.22 bits per heavy atom. The van der Waals surface area contributed by atoms with Gasteiger partial charge in [-0.3, -0.25) is 4.79 Å². The number of nitrogens with one attached hydrogen (secondary N) is 1. The van der Waals surface area contributed by atoms with Gasteiger partial charge in [0.15, 0.2) is 0 Å². The molecule has 0 spiro atoms. The molecule has 0 aromatic heterocycles. The predicted molar refractivity (Wildman–Crippen MR) is 72.1 cm³/mol. The standard InChI is InChI=1S/C15H27NO2/c1-15(2)9-5-7-12(15)14(18)16-10-11-6-3-4-8-13(11)17/h11-13,17H,3-10H2,1-2H3,(H,16,18). The lowest BCUT2D eigenvalue weighted by Gasteiger charge is -2.30. The molecule has 0 aromatic rings. The molecule has 2 saturated carbocycles. The Morgan fingerprint density at radius 3 is 2.56 bits per heavy atom. The molecule has 18 heavy (non-hydrogen) atoms. The van der Waals surface area contributed by atoms with Crippen LogP contribution in [0.5, 0.6) is 0 Å². The number of carbonyl (C=O) groups is 1. The number of hydrogen-bond acceptors (Lipinski definition) is 2. The van der Waals surface area contributed by atoms with Crippen LogP contribution in [-0.4, -0.2) is 23.7 Å². The van der Waals surface area contributed by atoms with Gasteiger partial charge in [-0.05, 0) is 31.1 Å². The number of carbonyl (C=O) groups excluding carboxylic acids is 1. The van der Waals surface area contributed by atoms with Crippen molar-refractivity contribution in [1.29, 1.82) is 0 Å². The summed E-state index contributed by atoms with van der Waals surface area (Å²) < 4.78 is 0. The summed E-state index contributed by atoms with van der Waals surface area (Å²) in [6.45, 7) is 5.05. The molecular formula is C15H27NO2. The molecule has 104 valence electrons. The first-order valence-electron chi connectivity index (χ1n) is 7.46. The Labute approximate surface area is 110 Å². The Morgan fingerprint density at radius 2 is 1.94 bits per heavy atom. The third kappa shape index (κ3) is 3.05. The minimum atomic E-state index is -0.212. The second-order valence-electron chi connectivity index (χ2n) is 6.79. The summed E-state index contributed by atoms with van der Waals surface area (Å²) in [5, 5.41) is 13.0. The molecule has 2 rings (SSSR count). The Balaban J connectivity index is 1.81. The second kappa shape index (κ2) is 5.60. The minimum Gasteiger partial charge on any atom is -0.393 e. The Bertz CT molecular complexity index is 301. The van der Waals surface area contributed by atoms with Gasteiger partial charge in [0, 0.05) is 18.4 Å². The average Bonchev–Trinajstić information content (AvgIpc) is 2.67. The summed E-state index contributed by atoms with van der Waals surface area (Å²) in [5.41, 5.74) is 0.148. The molecule has 1 amide bonds. The fourth-order valence-electron chi connectivity index (χ4n) is 3.59. The fourth-order valence-corrected chi connectivity index (χ4v) is 3.59. The van der Waals surface area contributed by atoms with E-state index in [0.29, 0.717) is 6.54 Å². The molecule has 3 unspecified atom stereocenters. The van der Waals surface area contributed by atoms with Crippen molar-refractivity contribution in [2.75, 3.05) is 6.54 Å². The third-order valence-electron chi connectivity index (χ3n) is 4.98. The third-order valence-corrected chi connectivity index (χ3v) is 4.98. The molecule has 2 fully saturated rings. The van der Waals surface area contributed by atoms with Crippen molar-refractivity contribution >= 4 is 5.91 Å². The SMILES string of the molecule is CC1(C)CCCC1C(=O)NCC1CCCCC1O. The van der Waals surface area contributed by atoms with Gasteiger partial charge in [0.1, 0.15) is 0 Å². The lowest BCUT2D eigenvalue weighted by atomic mass is 9.81. The van der Waals surface area contributed by atoms with Crippen molar-refractivity contribution in [2.45, 2.75) is 64.9 Å². The topological polar surface area (TPSA) is 49.3 Å². The van der Waals surface area contributed by atoms with Crippen LogP contribution in [0.2, 0.25) is 0 Å². The summed E-state index contributed by atoms with van der Waals surface area (Å²) in [4.78, 5) is 12.2. The van der Waals surface area contributed by atoms with Crippen LogP contribution in [0.1, 0.15) is 58.8 Å². The Kier molecular flexibility index (Phi) is 4.31. The zero-order chi connectivity index (χ0) is 13.2. The summed E-state index contributed by atoms with van der Waals surface area (Å²) in [6.07, 6.45) is 7.38. The van der Waals surface area contributed by atoms with Gasteiger partial charge in [-0.1, -0.05) is 33.1 Å². The van der Waals surface area contributed by atoms with Crippen LogP contribution < -0.4 is 5.32 Å². The van der Waals surface area contributed by atoms with Crippen LogP contribution >= 0.6 is 0 Å². The maximum atomic E-state index is 12.2. The Hall–Kier alpha value is -0.570. The fraction of sp³-hybridized carbons (Fsp3) is 0.933. The van der Waals surface area contributed by atoms with Gasteiger partial charge in [-0.25, -0.2) is 0 Å². The van der Waals surface area contributed by atoms with Crippen molar-refractivity contribution in [1.82, 2.24) is 5.32 Å². The van der Waals surface area contributed by atoms with Gasteiger partial charge in [-0.15, -0.1) is 0 Å². The van der Waals surface area contributed by atoms with Gasteiger partial charge in [-0.2, -0.15) is 0 Å². The van der Waals surface area contributed by atoms with Gasteiger partial charge in [0.2, 0.25) is 5.91 Å². The molecule has 2 aliphatic carbocycles. The molecule has 2 aliphatic rings. The predicted octanol–water partition coefficient (Wildman–Crippen LogP) is 2.48. The monoisotopic (exact) mass is 253 g/mol. The van der Waals surface area contributed by atoms with E-state index in [2.05, 4.69) is 19.2 Å². The van der Waals surface area contributed by atoms with E-state index in [9.17, 15) is 9.90 Å². The first-order chi connectivity index (χ1) is 8.50. The lowest BCUT2D eigenvalue weighted by Crippen LogP contribution is -2.41. The van der Waals surface area contributed by atoms with Crippen LogP contribution in [0.25, 0.3) is 0 Å².